The van der Waals surface area contributed by atoms with Crippen LogP contribution < -0.4 is 15.2 Å². The molecule has 0 fully saturated rings. The van der Waals surface area contributed by atoms with Gasteiger partial charge >= 0.3 is 0 Å². The molecule has 0 radical (unpaired) electrons. The maximum Gasteiger partial charge on any atom is 0.224 e. The molecule has 1 amide bonds. The molecule has 1 heterocycles. The molecule has 1 aromatic rings. The Morgan fingerprint density at radius 3 is 2.74 bits per heavy atom. The van der Waals surface area contributed by atoms with Crippen molar-refractivity contribution in [3.05, 3.63) is 23.8 Å². The summed E-state index contributed by atoms with van der Waals surface area (Å²) in [6, 6.07) is 5.64. The Balaban J connectivity index is 2.01. The van der Waals surface area contributed by atoms with Crippen LogP contribution in [0.3, 0.4) is 0 Å². The van der Waals surface area contributed by atoms with Gasteiger partial charge in [0.05, 0.1) is 0 Å². The number of rotatable bonds is 4. The molecule has 1 atom stereocenters. The smallest absolute Gasteiger partial charge is 0.224 e. The molecule has 5 nitrogen and oxygen atoms in total. The van der Waals surface area contributed by atoms with Crippen molar-refractivity contribution in [2.45, 2.75) is 25.9 Å². The maximum absolute atomic E-state index is 11.8. The fourth-order valence-corrected chi connectivity index (χ4v) is 1.98. The van der Waals surface area contributed by atoms with E-state index in [1.807, 2.05) is 25.1 Å². The minimum atomic E-state index is -0.116. The average Bonchev–Trinajstić information content (AvgIpc) is 2.37. The lowest BCUT2D eigenvalue weighted by molar-refractivity contribution is -0.130. The quantitative estimate of drug-likeness (QED) is 0.886. The molecule has 0 saturated heterocycles. The van der Waals surface area contributed by atoms with Crippen LogP contribution in [0.2, 0.25) is 0 Å². The minimum absolute atomic E-state index is 0.0462. The molecule has 19 heavy (non-hydrogen) atoms. The molecule has 0 bridgehead atoms. The van der Waals surface area contributed by atoms with Crippen molar-refractivity contribution in [2.75, 3.05) is 20.3 Å². The van der Waals surface area contributed by atoms with Gasteiger partial charge in [-0.3, -0.25) is 4.79 Å². The van der Waals surface area contributed by atoms with Gasteiger partial charge in [0.1, 0.15) is 13.2 Å². The number of carbonyl (C=O) groups excluding carboxylic acids is 1. The van der Waals surface area contributed by atoms with Crippen LogP contribution in [0.1, 0.15) is 18.9 Å². The number of benzene rings is 1. The van der Waals surface area contributed by atoms with Gasteiger partial charge in [-0.2, -0.15) is 0 Å². The first-order valence-electron chi connectivity index (χ1n) is 6.44. The number of fused-ring (bicyclic) bond motifs is 1. The number of carbonyl (C=O) groups is 1. The van der Waals surface area contributed by atoms with E-state index in [0.29, 0.717) is 26.2 Å². The van der Waals surface area contributed by atoms with Gasteiger partial charge in [-0.05, 0) is 24.6 Å². The number of hydrogen-bond donors (Lipinski definition) is 1. The first kappa shape index (κ1) is 13.7. The van der Waals surface area contributed by atoms with Gasteiger partial charge in [-0.1, -0.05) is 6.07 Å². The van der Waals surface area contributed by atoms with E-state index in [-0.39, 0.29) is 11.9 Å². The van der Waals surface area contributed by atoms with Crippen LogP contribution in [0.15, 0.2) is 18.2 Å². The Bertz CT molecular complexity index is 460. The molecule has 1 unspecified atom stereocenters. The van der Waals surface area contributed by atoms with Gasteiger partial charge in [0.15, 0.2) is 11.5 Å². The van der Waals surface area contributed by atoms with Gasteiger partial charge in [-0.25, -0.2) is 0 Å². The molecule has 0 aliphatic carbocycles. The van der Waals surface area contributed by atoms with E-state index in [0.717, 1.165) is 17.1 Å². The van der Waals surface area contributed by atoms with E-state index in [4.69, 9.17) is 15.2 Å². The fourth-order valence-electron chi connectivity index (χ4n) is 1.98. The predicted octanol–water partition coefficient (Wildman–Crippen LogP) is 1.15. The number of hydrogen-bond acceptors (Lipinski definition) is 4. The van der Waals surface area contributed by atoms with E-state index in [1.54, 1.807) is 11.9 Å². The molecule has 0 spiro atoms. The summed E-state index contributed by atoms with van der Waals surface area (Å²) < 4.78 is 11.0. The highest BCUT2D eigenvalue weighted by atomic mass is 16.6. The molecule has 104 valence electrons. The molecule has 5 heteroatoms. The average molecular weight is 264 g/mol. The summed E-state index contributed by atoms with van der Waals surface area (Å²) in [7, 11) is 1.78. The third kappa shape index (κ3) is 3.61. The lowest BCUT2D eigenvalue weighted by atomic mass is 10.1. The van der Waals surface area contributed by atoms with E-state index in [2.05, 4.69) is 0 Å². The van der Waals surface area contributed by atoms with Crippen LogP contribution in [0.25, 0.3) is 0 Å². The first-order chi connectivity index (χ1) is 9.06. The number of amides is 1. The summed E-state index contributed by atoms with van der Waals surface area (Å²) in [6.07, 6.45) is 0.362. The molecular formula is C14H20N2O3. The normalized spacial score (nSPS) is 14.9. The van der Waals surface area contributed by atoms with Crippen LogP contribution in [-0.2, 0) is 11.3 Å². The van der Waals surface area contributed by atoms with Gasteiger partial charge in [0.2, 0.25) is 5.91 Å². The Hall–Kier alpha value is -1.75. The summed E-state index contributed by atoms with van der Waals surface area (Å²) in [5.41, 5.74) is 6.65. The van der Waals surface area contributed by atoms with Crippen molar-refractivity contribution in [3.8, 4) is 11.5 Å². The second-order valence-corrected chi connectivity index (χ2v) is 4.91. The third-order valence-electron chi connectivity index (χ3n) is 2.95. The zero-order valence-corrected chi connectivity index (χ0v) is 11.4. The highest BCUT2D eigenvalue weighted by molar-refractivity contribution is 5.76. The van der Waals surface area contributed by atoms with Crippen molar-refractivity contribution in [2.24, 2.45) is 5.73 Å². The monoisotopic (exact) mass is 264 g/mol. The summed E-state index contributed by atoms with van der Waals surface area (Å²) in [6.45, 7) is 3.52. The molecule has 1 aliphatic heterocycles. The first-order valence-corrected chi connectivity index (χ1v) is 6.44. The number of ether oxygens (including phenoxy) is 2. The van der Waals surface area contributed by atoms with Crippen molar-refractivity contribution in [1.82, 2.24) is 4.90 Å². The predicted molar refractivity (Wildman–Crippen MR) is 72.2 cm³/mol. The van der Waals surface area contributed by atoms with Gasteiger partial charge in [0.25, 0.3) is 0 Å². The molecule has 1 aromatic carbocycles. The van der Waals surface area contributed by atoms with Crippen LogP contribution in [0.4, 0.5) is 0 Å². The summed E-state index contributed by atoms with van der Waals surface area (Å²) in [5.74, 6) is 1.56. The van der Waals surface area contributed by atoms with Crippen LogP contribution in [-0.4, -0.2) is 37.1 Å². The molecule has 0 aromatic heterocycles. The topological polar surface area (TPSA) is 64.8 Å². The summed E-state index contributed by atoms with van der Waals surface area (Å²) in [5, 5.41) is 0. The van der Waals surface area contributed by atoms with Gasteiger partial charge in [-0.15, -0.1) is 0 Å². The minimum Gasteiger partial charge on any atom is -0.486 e. The lowest BCUT2D eigenvalue weighted by Crippen LogP contribution is -2.31. The highest BCUT2D eigenvalue weighted by Crippen LogP contribution is 2.31. The van der Waals surface area contributed by atoms with Crippen LogP contribution in [0, 0.1) is 0 Å². The Labute approximate surface area is 113 Å². The lowest BCUT2D eigenvalue weighted by Gasteiger charge is -2.21. The molecule has 1 aliphatic rings. The van der Waals surface area contributed by atoms with E-state index in [9.17, 15) is 4.79 Å². The van der Waals surface area contributed by atoms with E-state index in [1.165, 1.54) is 0 Å². The van der Waals surface area contributed by atoms with Crippen molar-refractivity contribution in [1.29, 1.82) is 0 Å². The molecular weight excluding hydrogens is 244 g/mol. The Morgan fingerprint density at radius 1 is 1.37 bits per heavy atom. The third-order valence-corrected chi connectivity index (χ3v) is 2.95. The second-order valence-electron chi connectivity index (χ2n) is 4.91. The SMILES string of the molecule is CC(N)CC(=O)N(C)Cc1ccc2c(c1)OCCO2. The number of nitrogens with two attached hydrogens (primary N) is 1. The van der Waals surface area contributed by atoms with Crippen molar-refractivity contribution < 1.29 is 14.3 Å². The number of nitrogens with zero attached hydrogens (tertiary/aromatic N) is 1. The van der Waals surface area contributed by atoms with E-state index >= 15 is 0 Å². The largest absolute Gasteiger partial charge is 0.486 e. The molecule has 2 rings (SSSR count). The summed E-state index contributed by atoms with van der Waals surface area (Å²) >= 11 is 0. The van der Waals surface area contributed by atoms with E-state index < -0.39 is 0 Å². The summed E-state index contributed by atoms with van der Waals surface area (Å²) in [4.78, 5) is 13.5. The van der Waals surface area contributed by atoms with Crippen molar-refractivity contribution in [3.63, 3.8) is 0 Å². The standard InChI is InChI=1S/C14H20N2O3/c1-10(15)7-14(17)16(2)9-11-3-4-12-13(8-11)19-6-5-18-12/h3-4,8,10H,5-7,9,15H2,1-2H3. The molecule has 2 N–H and O–H groups in total. The van der Waals surface area contributed by atoms with Crippen LogP contribution in [0.5, 0.6) is 11.5 Å². The van der Waals surface area contributed by atoms with Gasteiger partial charge < -0.3 is 20.1 Å². The Kier molecular flexibility index (Phi) is 4.27. The van der Waals surface area contributed by atoms with Gasteiger partial charge in [0, 0.05) is 26.1 Å². The van der Waals surface area contributed by atoms with Crippen molar-refractivity contribution >= 4 is 5.91 Å². The zero-order valence-electron chi connectivity index (χ0n) is 11.4. The maximum atomic E-state index is 11.8. The molecule has 0 saturated carbocycles. The second kappa shape index (κ2) is 5.93. The van der Waals surface area contributed by atoms with Crippen LogP contribution >= 0.6 is 0 Å². The fraction of sp³-hybridized carbons (Fsp3) is 0.500. The Morgan fingerprint density at radius 2 is 2.05 bits per heavy atom. The highest BCUT2D eigenvalue weighted by Gasteiger charge is 2.15. The zero-order chi connectivity index (χ0) is 13.8.